The van der Waals surface area contributed by atoms with Crippen LogP contribution in [-0.4, -0.2) is 12.1 Å². The Morgan fingerprint density at radius 1 is 1.00 bits per heavy atom. The van der Waals surface area contributed by atoms with Gasteiger partial charge in [-0.15, -0.1) is 0 Å². The lowest BCUT2D eigenvalue weighted by atomic mass is 9.98. The molecule has 18 heavy (non-hydrogen) atoms. The zero-order valence-electron chi connectivity index (χ0n) is 12.4. The van der Waals surface area contributed by atoms with Gasteiger partial charge in [-0.3, -0.25) is 4.79 Å². The summed E-state index contributed by atoms with van der Waals surface area (Å²) in [4.78, 5) is 11.6. The Hall–Kier alpha value is -0.570. The van der Waals surface area contributed by atoms with Gasteiger partial charge in [0.25, 0.3) is 0 Å². The van der Waals surface area contributed by atoms with Crippen LogP contribution in [0, 0.1) is 0 Å². The van der Waals surface area contributed by atoms with Gasteiger partial charge in [0.05, 0.1) is 0 Å². The third-order valence-corrected chi connectivity index (χ3v) is 3.58. The van der Waals surface area contributed by atoms with E-state index < -0.39 is 0 Å². The Balaban J connectivity index is 0.00000289. The first-order chi connectivity index (χ1) is 8.33. The number of carbonyl (C=O) groups is 1. The second-order valence-corrected chi connectivity index (χ2v) is 5.27. The summed E-state index contributed by atoms with van der Waals surface area (Å²) in [5, 5.41) is 0. The zero-order chi connectivity index (χ0) is 12.3. The van der Waals surface area contributed by atoms with Gasteiger partial charge < -0.3 is 10.9 Å². The summed E-state index contributed by atoms with van der Waals surface area (Å²) in [5.74, 6) is 0.0346. The van der Waals surface area contributed by atoms with Crippen LogP contribution in [0.1, 0.15) is 84.0 Å². The van der Waals surface area contributed by atoms with Gasteiger partial charge in [0.2, 0.25) is 0 Å². The van der Waals surface area contributed by atoms with Crippen molar-refractivity contribution in [1.82, 2.24) is 6.15 Å². The summed E-state index contributed by atoms with van der Waals surface area (Å²) in [6, 6.07) is 0. The second kappa shape index (κ2) is 11.5. The molecule has 0 aromatic rings. The maximum atomic E-state index is 11.6. The predicted molar refractivity (Wildman–Crippen MR) is 76.9 cm³/mol. The first-order valence-corrected chi connectivity index (χ1v) is 7.52. The van der Waals surface area contributed by atoms with Gasteiger partial charge in [-0.1, -0.05) is 45.4 Å². The minimum Gasteiger partial charge on any atom is -0.462 e. The molecule has 0 heterocycles. The van der Waals surface area contributed by atoms with Crippen molar-refractivity contribution in [3.63, 3.8) is 0 Å². The third kappa shape index (κ3) is 8.51. The van der Waals surface area contributed by atoms with Crippen LogP contribution in [0.5, 0.6) is 0 Å². The van der Waals surface area contributed by atoms with Crippen LogP contribution in [0.4, 0.5) is 0 Å². The van der Waals surface area contributed by atoms with Crippen molar-refractivity contribution in [3.05, 3.63) is 0 Å². The Labute approximate surface area is 112 Å². The van der Waals surface area contributed by atoms with E-state index in [-0.39, 0.29) is 18.2 Å². The molecule has 1 fully saturated rings. The van der Waals surface area contributed by atoms with Gasteiger partial charge in [0, 0.05) is 6.42 Å². The summed E-state index contributed by atoms with van der Waals surface area (Å²) >= 11 is 0. The van der Waals surface area contributed by atoms with Crippen molar-refractivity contribution in [2.45, 2.75) is 90.1 Å². The van der Waals surface area contributed by atoms with Gasteiger partial charge in [-0.05, 0) is 32.1 Å². The van der Waals surface area contributed by atoms with Crippen molar-refractivity contribution in [2.24, 2.45) is 0 Å². The molecule has 108 valence electrons. The molecule has 3 heteroatoms. The molecule has 0 unspecified atom stereocenters. The van der Waals surface area contributed by atoms with Crippen LogP contribution in [0.25, 0.3) is 0 Å². The number of unbranched alkanes of at least 4 members (excludes halogenated alkanes) is 5. The molecule has 0 aliphatic heterocycles. The number of esters is 1. The first-order valence-electron chi connectivity index (χ1n) is 7.52. The van der Waals surface area contributed by atoms with E-state index in [4.69, 9.17) is 4.74 Å². The highest BCUT2D eigenvalue weighted by Gasteiger charge is 2.17. The normalized spacial score (nSPS) is 16.1. The SMILES string of the molecule is CCCCCCCCC(=O)OC1CCCCC1.[NH4+]. The Kier molecular flexibility index (Phi) is 11.2. The highest BCUT2D eigenvalue weighted by atomic mass is 16.5. The molecule has 1 aliphatic rings. The maximum Gasteiger partial charge on any atom is 0.306 e. The lowest BCUT2D eigenvalue weighted by molar-refractivity contribution is -0.150. The van der Waals surface area contributed by atoms with Gasteiger partial charge >= 0.3 is 5.97 Å². The van der Waals surface area contributed by atoms with E-state index >= 15 is 0 Å². The fourth-order valence-corrected chi connectivity index (χ4v) is 2.48. The summed E-state index contributed by atoms with van der Waals surface area (Å²) in [6.07, 6.45) is 14.2. The van der Waals surface area contributed by atoms with Crippen LogP contribution in [-0.2, 0) is 9.53 Å². The molecule has 1 saturated carbocycles. The molecule has 4 N–H and O–H groups in total. The topological polar surface area (TPSA) is 62.8 Å². The monoisotopic (exact) mass is 258 g/mol. The quantitative estimate of drug-likeness (QED) is 0.492. The molecule has 0 aromatic carbocycles. The molecule has 3 nitrogen and oxygen atoms in total. The van der Waals surface area contributed by atoms with Crippen LogP contribution in [0.3, 0.4) is 0 Å². The van der Waals surface area contributed by atoms with Crippen molar-refractivity contribution in [2.75, 3.05) is 0 Å². The maximum absolute atomic E-state index is 11.6. The Morgan fingerprint density at radius 3 is 2.28 bits per heavy atom. The molecular formula is C15H32NO2+. The lowest BCUT2D eigenvalue weighted by Crippen LogP contribution is -2.20. The smallest absolute Gasteiger partial charge is 0.306 e. The molecule has 0 amide bonds. The van der Waals surface area contributed by atoms with E-state index in [0.29, 0.717) is 6.42 Å². The van der Waals surface area contributed by atoms with E-state index in [1.807, 2.05) is 0 Å². The van der Waals surface area contributed by atoms with E-state index in [1.165, 1.54) is 51.4 Å². The molecule has 0 atom stereocenters. The molecular weight excluding hydrogens is 226 g/mol. The molecule has 1 rings (SSSR count). The van der Waals surface area contributed by atoms with Crippen molar-refractivity contribution >= 4 is 5.97 Å². The van der Waals surface area contributed by atoms with E-state index in [1.54, 1.807) is 0 Å². The zero-order valence-corrected chi connectivity index (χ0v) is 12.4. The molecule has 0 saturated heterocycles. The third-order valence-electron chi connectivity index (χ3n) is 3.58. The van der Waals surface area contributed by atoms with Gasteiger partial charge in [-0.25, -0.2) is 0 Å². The Morgan fingerprint density at radius 2 is 1.61 bits per heavy atom. The highest BCUT2D eigenvalue weighted by molar-refractivity contribution is 5.69. The summed E-state index contributed by atoms with van der Waals surface area (Å²) in [6.45, 7) is 2.22. The van der Waals surface area contributed by atoms with E-state index in [0.717, 1.165) is 19.3 Å². The minimum absolute atomic E-state index is 0. The first kappa shape index (κ1) is 17.4. The number of carbonyl (C=O) groups excluding carboxylic acids is 1. The van der Waals surface area contributed by atoms with Gasteiger partial charge in [0.15, 0.2) is 0 Å². The molecule has 0 aromatic heterocycles. The van der Waals surface area contributed by atoms with Gasteiger partial charge in [-0.2, -0.15) is 0 Å². The van der Waals surface area contributed by atoms with Crippen molar-refractivity contribution < 1.29 is 9.53 Å². The van der Waals surface area contributed by atoms with Crippen LogP contribution < -0.4 is 6.15 Å². The standard InChI is InChI=1S/C15H28O2.H3N/c1-2-3-4-5-6-10-13-15(16)17-14-11-8-7-9-12-14;/h14H,2-13H2,1H3;1H3/p+1. The average molecular weight is 258 g/mol. The summed E-state index contributed by atoms with van der Waals surface area (Å²) < 4.78 is 5.48. The van der Waals surface area contributed by atoms with Crippen LogP contribution in [0.2, 0.25) is 0 Å². The van der Waals surface area contributed by atoms with E-state index in [2.05, 4.69) is 6.92 Å². The molecule has 0 spiro atoms. The minimum atomic E-state index is 0. The Bertz CT molecular complexity index is 201. The van der Waals surface area contributed by atoms with Crippen LogP contribution >= 0.6 is 0 Å². The fraction of sp³-hybridized carbons (Fsp3) is 0.933. The van der Waals surface area contributed by atoms with Crippen LogP contribution in [0.15, 0.2) is 0 Å². The predicted octanol–water partition coefficient (Wildman–Crippen LogP) is 4.99. The highest BCUT2D eigenvalue weighted by Crippen LogP contribution is 2.21. The molecule has 0 radical (unpaired) electrons. The number of rotatable bonds is 8. The van der Waals surface area contributed by atoms with E-state index in [9.17, 15) is 4.79 Å². The van der Waals surface area contributed by atoms with Crippen molar-refractivity contribution in [3.8, 4) is 0 Å². The summed E-state index contributed by atoms with van der Waals surface area (Å²) in [7, 11) is 0. The number of hydrogen-bond donors (Lipinski definition) is 1. The van der Waals surface area contributed by atoms with Crippen molar-refractivity contribution in [1.29, 1.82) is 0 Å². The number of hydrogen-bond acceptors (Lipinski definition) is 2. The second-order valence-electron chi connectivity index (χ2n) is 5.27. The fourth-order valence-electron chi connectivity index (χ4n) is 2.48. The summed E-state index contributed by atoms with van der Waals surface area (Å²) in [5.41, 5.74) is 0. The van der Waals surface area contributed by atoms with Gasteiger partial charge in [0.1, 0.15) is 6.10 Å². The molecule has 0 bridgehead atoms. The average Bonchev–Trinajstić information content (AvgIpc) is 2.35. The lowest BCUT2D eigenvalue weighted by Gasteiger charge is -2.21. The number of quaternary nitrogens is 1. The largest absolute Gasteiger partial charge is 0.462 e. The number of ether oxygens (including phenoxy) is 1. The molecule has 1 aliphatic carbocycles.